The molecule has 0 radical (unpaired) electrons. The van der Waals surface area contributed by atoms with Crippen LogP contribution in [0.4, 0.5) is 0 Å². The molecule has 28 heavy (non-hydrogen) atoms. The Morgan fingerprint density at radius 2 is 1.82 bits per heavy atom. The van der Waals surface area contributed by atoms with Gasteiger partial charge in [0.25, 0.3) is 11.8 Å². The zero-order chi connectivity index (χ0) is 20.5. The fourth-order valence-corrected chi connectivity index (χ4v) is 3.65. The Labute approximate surface area is 168 Å². The van der Waals surface area contributed by atoms with Crippen LogP contribution < -0.4 is 15.8 Å². The van der Waals surface area contributed by atoms with E-state index in [1.807, 2.05) is 30.9 Å². The molecule has 156 valence electrons. The molecule has 1 aromatic rings. The summed E-state index contributed by atoms with van der Waals surface area (Å²) >= 11 is 0. The summed E-state index contributed by atoms with van der Waals surface area (Å²) in [5.74, 6) is 0.596. The number of unbranched alkanes of at least 4 members (excludes halogenated alkanes) is 1. The molecule has 1 aromatic carbocycles. The van der Waals surface area contributed by atoms with Gasteiger partial charge < -0.3 is 20.7 Å². The van der Waals surface area contributed by atoms with E-state index < -0.39 is 0 Å². The quantitative estimate of drug-likeness (QED) is 0.680. The number of nitrogens with zero attached hydrogens (tertiary/aromatic N) is 1. The van der Waals surface area contributed by atoms with E-state index in [0.717, 1.165) is 56.3 Å². The van der Waals surface area contributed by atoms with Crippen molar-refractivity contribution in [1.29, 1.82) is 0 Å². The highest BCUT2D eigenvalue weighted by Gasteiger charge is 2.19. The van der Waals surface area contributed by atoms with Crippen molar-refractivity contribution >= 4 is 11.8 Å². The smallest absolute Gasteiger partial charge is 0.260 e. The molecular weight excluding hydrogens is 354 g/mol. The number of ether oxygens (including phenoxy) is 1. The zero-order valence-electron chi connectivity index (χ0n) is 17.6. The van der Waals surface area contributed by atoms with Crippen LogP contribution in [0.25, 0.3) is 0 Å². The van der Waals surface area contributed by atoms with Gasteiger partial charge in [-0.15, -0.1) is 0 Å². The largest absolute Gasteiger partial charge is 0.483 e. The summed E-state index contributed by atoms with van der Waals surface area (Å²) in [7, 11) is 0. The van der Waals surface area contributed by atoms with Gasteiger partial charge in [-0.3, -0.25) is 9.59 Å². The van der Waals surface area contributed by atoms with Crippen LogP contribution in [0, 0.1) is 13.8 Å². The summed E-state index contributed by atoms with van der Waals surface area (Å²) in [6, 6.07) is 3.62. The van der Waals surface area contributed by atoms with Crippen LogP contribution in [0.2, 0.25) is 0 Å². The number of nitrogens with two attached hydrogens (primary N) is 1. The van der Waals surface area contributed by atoms with Gasteiger partial charge in [0.2, 0.25) is 0 Å². The molecule has 1 atom stereocenters. The fraction of sp³-hybridized carbons (Fsp3) is 0.636. The highest BCUT2D eigenvalue weighted by molar-refractivity contribution is 5.95. The highest BCUT2D eigenvalue weighted by atomic mass is 16.5. The van der Waals surface area contributed by atoms with Crippen LogP contribution in [-0.4, -0.2) is 49.0 Å². The number of hydrogen-bond donors (Lipinski definition) is 2. The van der Waals surface area contributed by atoms with Gasteiger partial charge in [-0.1, -0.05) is 19.8 Å². The lowest BCUT2D eigenvalue weighted by Gasteiger charge is -2.27. The first-order valence-electron chi connectivity index (χ1n) is 10.5. The van der Waals surface area contributed by atoms with Crippen LogP contribution in [0.1, 0.15) is 66.9 Å². The van der Waals surface area contributed by atoms with Crippen molar-refractivity contribution in [2.75, 3.05) is 26.2 Å². The predicted molar refractivity (Wildman–Crippen MR) is 112 cm³/mol. The molecule has 1 saturated heterocycles. The van der Waals surface area contributed by atoms with E-state index in [0.29, 0.717) is 17.9 Å². The predicted octanol–water partition coefficient (Wildman–Crippen LogP) is 2.94. The van der Waals surface area contributed by atoms with Gasteiger partial charge in [-0.05, 0) is 62.8 Å². The van der Waals surface area contributed by atoms with Gasteiger partial charge >= 0.3 is 0 Å². The molecule has 0 saturated carbocycles. The second-order valence-electron chi connectivity index (χ2n) is 7.72. The standard InChI is InChI=1S/C22H35N3O3/c1-4-5-9-19(14-23)24-22(27)18-12-16(2)21(17(3)13-18)28-15-20(26)25-10-7-6-8-11-25/h12-13,19H,4-11,14-15,23H2,1-3H3,(H,24,27). The van der Waals surface area contributed by atoms with Crippen molar-refractivity contribution in [2.45, 2.75) is 65.3 Å². The molecule has 1 heterocycles. The number of carbonyl (C=O) groups excluding carboxylic acids is 2. The number of aryl methyl sites for hydroxylation is 2. The lowest BCUT2D eigenvalue weighted by atomic mass is 10.0. The minimum Gasteiger partial charge on any atom is -0.483 e. The zero-order valence-corrected chi connectivity index (χ0v) is 17.6. The first kappa shape index (κ1) is 22.2. The average Bonchev–Trinajstić information content (AvgIpc) is 2.70. The van der Waals surface area contributed by atoms with Crippen LogP contribution in [-0.2, 0) is 4.79 Å². The molecule has 0 aliphatic carbocycles. The second-order valence-corrected chi connectivity index (χ2v) is 7.72. The van der Waals surface area contributed by atoms with Crippen LogP contribution in [0.5, 0.6) is 5.75 Å². The number of likely N-dealkylation sites (tertiary alicyclic amines) is 1. The second kappa shape index (κ2) is 11.1. The van der Waals surface area contributed by atoms with Crippen molar-refractivity contribution in [1.82, 2.24) is 10.2 Å². The van der Waals surface area contributed by atoms with Crippen molar-refractivity contribution in [3.05, 3.63) is 28.8 Å². The molecule has 2 amide bonds. The Morgan fingerprint density at radius 1 is 1.18 bits per heavy atom. The van der Waals surface area contributed by atoms with Crippen LogP contribution >= 0.6 is 0 Å². The number of rotatable bonds is 9. The number of amides is 2. The molecule has 1 fully saturated rings. The van der Waals surface area contributed by atoms with Crippen molar-refractivity contribution in [3.8, 4) is 5.75 Å². The number of carbonyl (C=O) groups is 2. The Bertz CT molecular complexity index is 646. The molecule has 1 aliphatic rings. The maximum Gasteiger partial charge on any atom is 0.260 e. The number of hydrogen-bond acceptors (Lipinski definition) is 4. The Kier molecular flexibility index (Phi) is 8.77. The van der Waals surface area contributed by atoms with Gasteiger partial charge in [0.15, 0.2) is 6.61 Å². The number of nitrogens with one attached hydrogen (secondary N) is 1. The molecule has 6 nitrogen and oxygen atoms in total. The first-order chi connectivity index (χ1) is 13.5. The van der Waals surface area contributed by atoms with Crippen molar-refractivity contribution < 1.29 is 14.3 Å². The lowest BCUT2D eigenvalue weighted by Crippen LogP contribution is -2.40. The van der Waals surface area contributed by atoms with Gasteiger partial charge in [0.05, 0.1) is 0 Å². The molecule has 3 N–H and O–H groups in total. The molecular formula is C22H35N3O3. The van der Waals surface area contributed by atoms with E-state index in [9.17, 15) is 9.59 Å². The molecule has 0 aromatic heterocycles. The Hall–Kier alpha value is -2.08. The van der Waals surface area contributed by atoms with E-state index in [-0.39, 0.29) is 24.5 Å². The van der Waals surface area contributed by atoms with E-state index in [1.165, 1.54) is 6.42 Å². The molecule has 0 bridgehead atoms. The van der Waals surface area contributed by atoms with Crippen molar-refractivity contribution in [2.24, 2.45) is 5.73 Å². The summed E-state index contributed by atoms with van der Waals surface area (Å²) in [5.41, 5.74) is 8.09. The van der Waals surface area contributed by atoms with Crippen molar-refractivity contribution in [3.63, 3.8) is 0 Å². The fourth-order valence-electron chi connectivity index (χ4n) is 3.65. The average molecular weight is 390 g/mol. The maximum atomic E-state index is 12.6. The third-order valence-corrected chi connectivity index (χ3v) is 5.30. The van der Waals surface area contributed by atoms with E-state index in [4.69, 9.17) is 10.5 Å². The van der Waals surface area contributed by atoms with Crippen LogP contribution in [0.3, 0.4) is 0 Å². The third-order valence-electron chi connectivity index (χ3n) is 5.30. The van der Waals surface area contributed by atoms with E-state index in [1.54, 1.807) is 0 Å². The number of piperidine rings is 1. The normalized spacial score (nSPS) is 15.2. The minimum atomic E-state index is -0.117. The van der Waals surface area contributed by atoms with E-state index >= 15 is 0 Å². The summed E-state index contributed by atoms with van der Waals surface area (Å²) < 4.78 is 5.83. The molecule has 6 heteroatoms. The maximum absolute atomic E-state index is 12.6. The summed E-state index contributed by atoms with van der Waals surface area (Å²) in [6.45, 7) is 8.04. The highest BCUT2D eigenvalue weighted by Crippen LogP contribution is 2.25. The Morgan fingerprint density at radius 3 is 2.39 bits per heavy atom. The first-order valence-corrected chi connectivity index (χ1v) is 10.5. The molecule has 0 spiro atoms. The topological polar surface area (TPSA) is 84.7 Å². The van der Waals surface area contributed by atoms with Gasteiger partial charge in [-0.25, -0.2) is 0 Å². The van der Waals surface area contributed by atoms with Crippen LogP contribution in [0.15, 0.2) is 12.1 Å². The lowest BCUT2D eigenvalue weighted by molar-refractivity contribution is -0.134. The summed E-state index contributed by atoms with van der Waals surface area (Å²) in [5, 5.41) is 3.02. The minimum absolute atomic E-state index is 0.00819. The van der Waals surface area contributed by atoms with Gasteiger partial charge in [0.1, 0.15) is 5.75 Å². The Balaban J connectivity index is 1.99. The molecule has 1 aliphatic heterocycles. The molecule has 1 unspecified atom stereocenters. The third kappa shape index (κ3) is 6.23. The monoisotopic (exact) mass is 389 g/mol. The SMILES string of the molecule is CCCCC(CN)NC(=O)c1cc(C)c(OCC(=O)N2CCCCC2)c(C)c1. The van der Waals surface area contributed by atoms with Gasteiger partial charge in [0, 0.05) is 31.2 Å². The van der Waals surface area contributed by atoms with Gasteiger partial charge in [-0.2, -0.15) is 0 Å². The summed E-state index contributed by atoms with van der Waals surface area (Å²) in [6.07, 6.45) is 6.32. The van der Waals surface area contributed by atoms with E-state index in [2.05, 4.69) is 12.2 Å². The summed E-state index contributed by atoms with van der Waals surface area (Å²) in [4.78, 5) is 26.8. The molecule has 2 rings (SSSR count). The number of benzene rings is 1.